The van der Waals surface area contributed by atoms with Gasteiger partial charge in [-0.3, -0.25) is 9.69 Å². The van der Waals surface area contributed by atoms with Gasteiger partial charge in [-0.05, 0) is 44.7 Å². The summed E-state index contributed by atoms with van der Waals surface area (Å²) in [4.78, 5) is 20.7. The molecule has 0 bridgehead atoms. The number of rotatable bonds is 3. The molecule has 23 heavy (non-hydrogen) atoms. The molecule has 0 radical (unpaired) electrons. The maximum Gasteiger partial charge on any atom is 0.219 e. The molecule has 1 spiro atoms. The zero-order chi connectivity index (χ0) is 16.7. The van der Waals surface area contributed by atoms with Crippen molar-refractivity contribution in [1.82, 2.24) is 19.4 Å². The summed E-state index contributed by atoms with van der Waals surface area (Å²) in [7, 11) is 2.03. The highest BCUT2D eigenvalue weighted by molar-refractivity contribution is 5.74. The Morgan fingerprint density at radius 1 is 1.39 bits per heavy atom. The van der Waals surface area contributed by atoms with Crippen molar-refractivity contribution in [3.63, 3.8) is 0 Å². The third kappa shape index (κ3) is 3.02. The SMILES string of the molecule is CC(=O)N1CC2(CCN(Cc3nccn3C)CC2)CC1(C)CO. The van der Waals surface area contributed by atoms with Crippen LogP contribution in [0.5, 0.6) is 0 Å². The molecule has 1 aromatic heterocycles. The van der Waals surface area contributed by atoms with Crippen LogP contribution in [0, 0.1) is 5.41 Å². The smallest absolute Gasteiger partial charge is 0.219 e. The van der Waals surface area contributed by atoms with Crippen LogP contribution in [0.1, 0.15) is 38.9 Å². The molecule has 2 saturated heterocycles. The molecule has 2 fully saturated rings. The van der Waals surface area contributed by atoms with E-state index >= 15 is 0 Å². The summed E-state index contributed by atoms with van der Waals surface area (Å²) in [5.41, 5.74) is -0.227. The topological polar surface area (TPSA) is 61.6 Å². The first-order valence-electron chi connectivity index (χ1n) is 8.45. The van der Waals surface area contributed by atoms with Gasteiger partial charge < -0.3 is 14.6 Å². The Bertz CT molecular complexity index is 577. The molecule has 0 aromatic carbocycles. The Labute approximate surface area is 138 Å². The Balaban J connectivity index is 1.64. The maximum absolute atomic E-state index is 12.0. The van der Waals surface area contributed by atoms with Crippen LogP contribution in [0.2, 0.25) is 0 Å². The predicted molar refractivity (Wildman–Crippen MR) is 87.6 cm³/mol. The quantitative estimate of drug-likeness (QED) is 0.903. The minimum absolute atomic E-state index is 0.0469. The number of piperidine rings is 1. The number of amides is 1. The molecule has 1 amide bonds. The first-order valence-corrected chi connectivity index (χ1v) is 8.45. The van der Waals surface area contributed by atoms with Crippen LogP contribution in [0.3, 0.4) is 0 Å². The lowest BCUT2D eigenvalue weighted by molar-refractivity contribution is -0.134. The molecular weight excluding hydrogens is 292 g/mol. The predicted octanol–water partition coefficient (Wildman–Crippen LogP) is 1.01. The third-order valence-corrected chi connectivity index (χ3v) is 5.82. The van der Waals surface area contributed by atoms with Crippen molar-refractivity contribution in [2.75, 3.05) is 26.2 Å². The molecule has 2 aliphatic rings. The van der Waals surface area contributed by atoms with Crippen LogP contribution in [0.4, 0.5) is 0 Å². The van der Waals surface area contributed by atoms with E-state index in [1.807, 2.05) is 31.3 Å². The molecule has 1 aromatic rings. The molecule has 3 rings (SSSR count). The fourth-order valence-electron chi connectivity index (χ4n) is 4.39. The van der Waals surface area contributed by atoms with E-state index in [1.165, 1.54) is 0 Å². The van der Waals surface area contributed by atoms with E-state index in [9.17, 15) is 9.90 Å². The zero-order valence-corrected chi connectivity index (χ0v) is 14.5. The number of carbonyl (C=O) groups excluding carboxylic acids is 1. The molecule has 3 heterocycles. The molecule has 6 heteroatoms. The van der Waals surface area contributed by atoms with E-state index in [0.29, 0.717) is 0 Å². The number of nitrogens with zero attached hydrogens (tertiary/aromatic N) is 4. The van der Waals surface area contributed by atoms with Crippen LogP contribution < -0.4 is 0 Å². The first-order chi connectivity index (χ1) is 10.9. The number of hydrogen-bond acceptors (Lipinski definition) is 4. The molecule has 0 aliphatic carbocycles. The maximum atomic E-state index is 12.0. The number of imidazole rings is 1. The number of hydrogen-bond donors (Lipinski definition) is 1. The number of aryl methyl sites for hydroxylation is 1. The summed E-state index contributed by atoms with van der Waals surface area (Å²) in [5.74, 6) is 1.17. The van der Waals surface area contributed by atoms with E-state index in [2.05, 4.69) is 14.5 Å². The van der Waals surface area contributed by atoms with E-state index in [0.717, 1.165) is 51.3 Å². The van der Waals surface area contributed by atoms with Crippen LogP contribution in [-0.4, -0.2) is 62.1 Å². The van der Waals surface area contributed by atoms with Crippen molar-refractivity contribution in [2.45, 2.75) is 45.2 Å². The summed E-state index contributed by atoms with van der Waals surface area (Å²) in [5, 5.41) is 9.80. The minimum atomic E-state index is -0.395. The average Bonchev–Trinajstić information content (AvgIpc) is 3.04. The van der Waals surface area contributed by atoms with Crippen LogP contribution in [0.15, 0.2) is 12.4 Å². The summed E-state index contributed by atoms with van der Waals surface area (Å²) in [6, 6.07) is 0. The molecule has 1 N–H and O–H groups in total. The largest absolute Gasteiger partial charge is 0.394 e. The number of aliphatic hydroxyl groups is 1. The number of aliphatic hydroxyl groups excluding tert-OH is 1. The molecule has 6 nitrogen and oxygen atoms in total. The Morgan fingerprint density at radius 2 is 2.09 bits per heavy atom. The highest BCUT2D eigenvalue weighted by Gasteiger charge is 2.52. The van der Waals surface area contributed by atoms with Crippen LogP contribution in [0.25, 0.3) is 0 Å². The second-order valence-electron chi connectivity index (χ2n) is 7.67. The average molecular weight is 320 g/mol. The lowest BCUT2D eigenvalue weighted by atomic mass is 9.74. The molecular formula is C17H28N4O2. The normalized spacial score (nSPS) is 27.7. The minimum Gasteiger partial charge on any atom is -0.394 e. The van der Waals surface area contributed by atoms with Gasteiger partial charge in [-0.2, -0.15) is 0 Å². The second kappa shape index (κ2) is 5.91. The van der Waals surface area contributed by atoms with Gasteiger partial charge in [0.15, 0.2) is 0 Å². The molecule has 1 unspecified atom stereocenters. The summed E-state index contributed by atoms with van der Waals surface area (Å²) in [6.45, 7) is 7.40. The van der Waals surface area contributed by atoms with Crippen molar-refractivity contribution < 1.29 is 9.90 Å². The van der Waals surface area contributed by atoms with E-state index < -0.39 is 5.54 Å². The van der Waals surface area contributed by atoms with Gasteiger partial charge in [0.2, 0.25) is 5.91 Å². The van der Waals surface area contributed by atoms with E-state index in [4.69, 9.17) is 0 Å². The van der Waals surface area contributed by atoms with Crippen molar-refractivity contribution in [1.29, 1.82) is 0 Å². The van der Waals surface area contributed by atoms with E-state index in [1.54, 1.807) is 6.92 Å². The van der Waals surface area contributed by atoms with E-state index in [-0.39, 0.29) is 17.9 Å². The fourth-order valence-corrected chi connectivity index (χ4v) is 4.39. The van der Waals surface area contributed by atoms with Gasteiger partial charge in [-0.25, -0.2) is 4.98 Å². The first kappa shape index (κ1) is 16.5. The standard InChI is InChI=1S/C17H28N4O2/c1-14(23)21-12-17(11-16(21,2)13-22)4-7-20(8-5-17)10-15-18-6-9-19(15)3/h6,9,22H,4-5,7-8,10-13H2,1-3H3. The lowest BCUT2D eigenvalue weighted by Gasteiger charge is -2.39. The lowest BCUT2D eigenvalue weighted by Crippen LogP contribution is -2.46. The number of likely N-dealkylation sites (tertiary alicyclic amines) is 2. The second-order valence-corrected chi connectivity index (χ2v) is 7.67. The number of aromatic nitrogens is 2. The van der Waals surface area contributed by atoms with Gasteiger partial charge in [-0.15, -0.1) is 0 Å². The van der Waals surface area contributed by atoms with Crippen molar-refractivity contribution in [2.24, 2.45) is 12.5 Å². The van der Waals surface area contributed by atoms with Gasteiger partial charge >= 0.3 is 0 Å². The van der Waals surface area contributed by atoms with Crippen LogP contribution in [-0.2, 0) is 18.4 Å². The Morgan fingerprint density at radius 3 is 2.57 bits per heavy atom. The molecule has 2 aliphatic heterocycles. The fraction of sp³-hybridized carbons (Fsp3) is 0.765. The number of carbonyl (C=O) groups is 1. The van der Waals surface area contributed by atoms with Crippen LogP contribution >= 0.6 is 0 Å². The Hall–Kier alpha value is -1.40. The van der Waals surface area contributed by atoms with Crippen molar-refractivity contribution >= 4 is 5.91 Å². The molecule has 0 saturated carbocycles. The highest BCUT2D eigenvalue weighted by Crippen LogP contribution is 2.48. The summed E-state index contributed by atoms with van der Waals surface area (Å²) >= 11 is 0. The summed E-state index contributed by atoms with van der Waals surface area (Å²) in [6.07, 6.45) is 6.89. The zero-order valence-electron chi connectivity index (χ0n) is 14.5. The monoisotopic (exact) mass is 320 g/mol. The van der Waals surface area contributed by atoms with Gasteiger partial charge in [0, 0.05) is 32.9 Å². The molecule has 128 valence electrons. The Kier molecular flexibility index (Phi) is 4.23. The van der Waals surface area contributed by atoms with Crippen molar-refractivity contribution in [3.8, 4) is 0 Å². The van der Waals surface area contributed by atoms with Gasteiger partial charge in [0.1, 0.15) is 5.82 Å². The van der Waals surface area contributed by atoms with Gasteiger partial charge in [0.25, 0.3) is 0 Å². The van der Waals surface area contributed by atoms with Gasteiger partial charge in [-0.1, -0.05) is 0 Å². The molecule has 1 atom stereocenters. The third-order valence-electron chi connectivity index (χ3n) is 5.82. The summed E-state index contributed by atoms with van der Waals surface area (Å²) < 4.78 is 2.07. The van der Waals surface area contributed by atoms with Gasteiger partial charge in [0.05, 0.1) is 18.7 Å². The highest BCUT2D eigenvalue weighted by atomic mass is 16.3. The van der Waals surface area contributed by atoms with Crippen molar-refractivity contribution in [3.05, 3.63) is 18.2 Å².